The van der Waals surface area contributed by atoms with Crippen LogP contribution in [0.4, 0.5) is 4.79 Å². The monoisotopic (exact) mass is 379 g/mol. The number of hydrogen-bond acceptors (Lipinski definition) is 6. The largest absolute Gasteiger partial charge is 0.444 e. The van der Waals surface area contributed by atoms with Gasteiger partial charge in [-0.25, -0.2) is 9.80 Å². The highest BCUT2D eigenvalue weighted by molar-refractivity contribution is 5.68. The molecule has 0 bridgehead atoms. The molecular weight excluding hydrogens is 350 g/mol. The Kier molecular flexibility index (Phi) is 5.71. The van der Waals surface area contributed by atoms with Crippen LogP contribution in [0.5, 0.6) is 0 Å². The number of nitrogens with zero attached hydrogens (tertiary/aromatic N) is 5. The molecule has 2 atom stereocenters. The van der Waals surface area contributed by atoms with Crippen molar-refractivity contribution in [2.75, 3.05) is 32.7 Å². The van der Waals surface area contributed by atoms with Crippen LogP contribution < -0.4 is 0 Å². The summed E-state index contributed by atoms with van der Waals surface area (Å²) < 4.78 is 7.55. The predicted molar refractivity (Wildman–Crippen MR) is 99.6 cm³/mol. The molecule has 0 aromatic carbocycles. The minimum atomic E-state index is -0.704. The lowest BCUT2D eigenvalue weighted by Gasteiger charge is -2.45. The zero-order chi connectivity index (χ0) is 19.6. The molecule has 0 radical (unpaired) electrons. The maximum atomic E-state index is 12.2. The molecule has 2 aliphatic rings. The Balaban J connectivity index is 1.63. The summed E-state index contributed by atoms with van der Waals surface area (Å²) in [7, 11) is 0. The lowest BCUT2D eigenvalue weighted by Crippen LogP contribution is -2.61. The van der Waals surface area contributed by atoms with Crippen LogP contribution in [0.1, 0.15) is 39.7 Å². The third-order valence-corrected chi connectivity index (χ3v) is 5.06. The first-order valence-corrected chi connectivity index (χ1v) is 9.50. The van der Waals surface area contributed by atoms with Crippen LogP contribution in [-0.2, 0) is 4.74 Å². The van der Waals surface area contributed by atoms with Crippen LogP contribution in [0.15, 0.2) is 24.5 Å². The number of piperidine rings is 1. The average Bonchev–Trinajstić information content (AvgIpc) is 3.14. The summed E-state index contributed by atoms with van der Waals surface area (Å²) in [6.45, 7) is 8.29. The molecule has 3 rings (SSSR count). The van der Waals surface area contributed by atoms with Gasteiger partial charge in [-0.3, -0.25) is 10.1 Å². The molecule has 9 nitrogen and oxygen atoms in total. The highest BCUT2D eigenvalue weighted by Crippen LogP contribution is 2.28. The SMILES string of the molecule is CC(C)(C)OC(=O)N1CCN(N2CC(n3cccc3)CCC2[N+](=O)[O-])CC1. The number of amides is 1. The molecule has 1 amide bonds. The first-order chi connectivity index (χ1) is 12.7. The van der Waals surface area contributed by atoms with Gasteiger partial charge >= 0.3 is 6.09 Å². The summed E-state index contributed by atoms with van der Waals surface area (Å²) in [5.74, 6) is 0. The van der Waals surface area contributed by atoms with Crippen LogP contribution in [0.2, 0.25) is 0 Å². The lowest BCUT2D eigenvalue weighted by atomic mass is 10.0. The van der Waals surface area contributed by atoms with Gasteiger partial charge in [0.15, 0.2) is 0 Å². The van der Waals surface area contributed by atoms with E-state index in [-0.39, 0.29) is 17.1 Å². The molecular formula is C18H29N5O4. The van der Waals surface area contributed by atoms with Gasteiger partial charge in [-0.15, -0.1) is 0 Å². The maximum absolute atomic E-state index is 12.2. The minimum Gasteiger partial charge on any atom is -0.444 e. The Labute approximate surface area is 159 Å². The van der Waals surface area contributed by atoms with E-state index >= 15 is 0 Å². The molecule has 1 aromatic heterocycles. The standard InChI is InChI=1S/C18H29N5O4/c1-18(2,3)27-17(24)20-10-12-21(13-11-20)22-14-15(19-8-4-5-9-19)6-7-16(22)23(25)26/h4-5,8-9,15-16H,6-7,10-14H2,1-3H3. The normalized spacial score (nSPS) is 25.4. The number of nitro groups is 1. The van der Waals surface area contributed by atoms with Crippen molar-refractivity contribution in [2.24, 2.45) is 0 Å². The second-order valence-electron chi connectivity index (χ2n) is 8.17. The van der Waals surface area contributed by atoms with E-state index in [2.05, 4.69) is 4.57 Å². The van der Waals surface area contributed by atoms with E-state index < -0.39 is 11.8 Å². The summed E-state index contributed by atoms with van der Waals surface area (Å²) in [6, 6.07) is 4.17. The number of carbonyl (C=O) groups excluding carboxylic acids is 1. The first kappa shape index (κ1) is 19.6. The molecule has 2 aliphatic heterocycles. The van der Waals surface area contributed by atoms with E-state index in [9.17, 15) is 14.9 Å². The molecule has 2 fully saturated rings. The number of carbonyl (C=O) groups is 1. The summed E-state index contributed by atoms with van der Waals surface area (Å²) in [6.07, 6.45) is 4.30. The summed E-state index contributed by atoms with van der Waals surface area (Å²) >= 11 is 0. The Bertz CT molecular complexity index is 649. The maximum Gasteiger partial charge on any atom is 0.410 e. The molecule has 0 N–H and O–H groups in total. The van der Waals surface area contributed by atoms with Crippen molar-refractivity contribution in [1.29, 1.82) is 0 Å². The molecule has 1 aromatic rings. The van der Waals surface area contributed by atoms with Crippen molar-refractivity contribution in [3.8, 4) is 0 Å². The summed E-state index contributed by atoms with van der Waals surface area (Å²) in [5.41, 5.74) is -0.526. The zero-order valence-corrected chi connectivity index (χ0v) is 16.3. The fraction of sp³-hybridized carbons (Fsp3) is 0.722. The number of hydrogen-bond donors (Lipinski definition) is 0. The molecule has 9 heteroatoms. The smallest absolute Gasteiger partial charge is 0.410 e. The quantitative estimate of drug-likeness (QED) is 0.591. The topological polar surface area (TPSA) is 84.1 Å². The van der Waals surface area contributed by atoms with Gasteiger partial charge in [0.25, 0.3) is 6.17 Å². The molecule has 0 aliphatic carbocycles. The Morgan fingerprint density at radius 3 is 2.30 bits per heavy atom. The van der Waals surface area contributed by atoms with Crippen LogP contribution in [-0.4, -0.2) is 75.0 Å². The van der Waals surface area contributed by atoms with E-state index in [1.807, 2.05) is 55.3 Å². The minimum absolute atomic E-state index is 0.188. The third-order valence-electron chi connectivity index (χ3n) is 5.06. The van der Waals surface area contributed by atoms with Gasteiger partial charge in [0, 0.05) is 62.5 Å². The van der Waals surface area contributed by atoms with Gasteiger partial charge in [0.2, 0.25) is 0 Å². The van der Waals surface area contributed by atoms with E-state index in [1.54, 1.807) is 4.90 Å². The van der Waals surface area contributed by atoms with Crippen molar-refractivity contribution in [2.45, 2.75) is 51.4 Å². The number of piperazine rings is 1. The molecule has 0 saturated carbocycles. The molecule has 150 valence electrons. The van der Waals surface area contributed by atoms with Gasteiger partial charge in [-0.05, 0) is 39.3 Å². The van der Waals surface area contributed by atoms with Crippen molar-refractivity contribution >= 4 is 6.09 Å². The van der Waals surface area contributed by atoms with E-state index in [4.69, 9.17) is 4.74 Å². The number of hydrazine groups is 1. The number of aromatic nitrogens is 1. The summed E-state index contributed by atoms with van der Waals surface area (Å²) in [5, 5.41) is 15.5. The van der Waals surface area contributed by atoms with Gasteiger partial charge in [-0.2, -0.15) is 5.01 Å². The molecule has 0 spiro atoms. The predicted octanol–water partition coefficient (Wildman–Crippen LogP) is 2.20. The van der Waals surface area contributed by atoms with Crippen LogP contribution in [0, 0.1) is 10.1 Å². The second kappa shape index (κ2) is 7.85. The van der Waals surface area contributed by atoms with Gasteiger partial charge in [0.05, 0.1) is 0 Å². The van der Waals surface area contributed by atoms with Crippen LogP contribution in [0.3, 0.4) is 0 Å². The highest BCUT2D eigenvalue weighted by Gasteiger charge is 2.41. The second-order valence-corrected chi connectivity index (χ2v) is 8.17. The summed E-state index contributed by atoms with van der Waals surface area (Å²) in [4.78, 5) is 25.3. The lowest BCUT2D eigenvalue weighted by molar-refractivity contribution is -0.568. The molecule has 27 heavy (non-hydrogen) atoms. The Morgan fingerprint density at radius 1 is 1.11 bits per heavy atom. The fourth-order valence-electron chi connectivity index (χ4n) is 3.73. The third kappa shape index (κ3) is 4.78. The zero-order valence-electron chi connectivity index (χ0n) is 16.3. The van der Waals surface area contributed by atoms with Crippen molar-refractivity contribution in [3.63, 3.8) is 0 Å². The van der Waals surface area contributed by atoms with E-state index in [0.717, 1.165) is 6.42 Å². The van der Waals surface area contributed by atoms with Gasteiger partial charge < -0.3 is 14.2 Å². The van der Waals surface area contributed by atoms with Crippen LogP contribution in [0.25, 0.3) is 0 Å². The molecule has 2 unspecified atom stereocenters. The van der Waals surface area contributed by atoms with Crippen molar-refractivity contribution < 1.29 is 14.5 Å². The number of ether oxygens (including phenoxy) is 1. The average molecular weight is 379 g/mol. The van der Waals surface area contributed by atoms with Gasteiger partial charge in [-0.1, -0.05) is 0 Å². The van der Waals surface area contributed by atoms with Gasteiger partial charge in [0.1, 0.15) is 5.60 Å². The number of rotatable bonds is 3. The van der Waals surface area contributed by atoms with Crippen LogP contribution >= 0.6 is 0 Å². The highest BCUT2D eigenvalue weighted by atomic mass is 16.6. The Morgan fingerprint density at radius 2 is 1.74 bits per heavy atom. The Hall–Kier alpha value is -2.13. The van der Waals surface area contributed by atoms with Crippen molar-refractivity contribution in [1.82, 2.24) is 19.5 Å². The van der Waals surface area contributed by atoms with Crippen molar-refractivity contribution in [3.05, 3.63) is 34.6 Å². The van der Waals surface area contributed by atoms with E-state index in [0.29, 0.717) is 39.1 Å². The molecule has 3 heterocycles. The first-order valence-electron chi connectivity index (χ1n) is 9.50. The van der Waals surface area contributed by atoms with E-state index in [1.165, 1.54) is 0 Å². The molecule has 2 saturated heterocycles. The fourth-order valence-corrected chi connectivity index (χ4v) is 3.73.